The summed E-state index contributed by atoms with van der Waals surface area (Å²) >= 11 is 6.00. The standard InChI is InChI=1S/C15H13ClN4O3/c1-20-14(22)8-3-2-7(6-9(8)15(20)23)19-12(17)11-10(16)4-5-18-13(11)21/h2-6,12,19H,17H2,1H3,(H,18,21). The van der Waals surface area contributed by atoms with Gasteiger partial charge in [-0.25, -0.2) is 0 Å². The van der Waals surface area contributed by atoms with Crippen molar-refractivity contribution in [1.29, 1.82) is 0 Å². The van der Waals surface area contributed by atoms with Crippen LogP contribution in [0.15, 0.2) is 35.3 Å². The smallest absolute Gasteiger partial charge is 0.261 e. The molecule has 0 spiro atoms. The van der Waals surface area contributed by atoms with Crippen LogP contribution in [0.25, 0.3) is 0 Å². The van der Waals surface area contributed by atoms with Crippen molar-refractivity contribution in [3.8, 4) is 0 Å². The number of fused-ring (bicyclic) bond motifs is 1. The first-order valence-corrected chi connectivity index (χ1v) is 7.13. The molecule has 3 rings (SSSR count). The van der Waals surface area contributed by atoms with Crippen molar-refractivity contribution in [2.24, 2.45) is 5.73 Å². The number of rotatable bonds is 3. The molecule has 0 saturated carbocycles. The van der Waals surface area contributed by atoms with Gasteiger partial charge in [-0.1, -0.05) is 11.6 Å². The van der Waals surface area contributed by atoms with Crippen molar-refractivity contribution in [2.75, 3.05) is 12.4 Å². The summed E-state index contributed by atoms with van der Waals surface area (Å²) in [4.78, 5) is 39.2. The molecule has 1 aliphatic heterocycles. The molecular formula is C15H13ClN4O3. The fraction of sp³-hybridized carbons (Fsp3) is 0.133. The van der Waals surface area contributed by atoms with Crippen molar-refractivity contribution >= 4 is 29.1 Å². The highest BCUT2D eigenvalue weighted by Gasteiger charge is 2.32. The molecule has 0 aliphatic carbocycles. The largest absolute Gasteiger partial charge is 0.366 e. The molecular weight excluding hydrogens is 320 g/mol. The number of halogens is 1. The summed E-state index contributed by atoms with van der Waals surface area (Å²) in [6.45, 7) is 0. The molecule has 2 amide bonds. The maximum absolute atomic E-state index is 12.0. The lowest BCUT2D eigenvalue weighted by atomic mass is 10.1. The van der Waals surface area contributed by atoms with Gasteiger partial charge in [-0.05, 0) is 24.3 Å². The molecule has 1 atom stereocenters. The Bertz CT molecular complexity index is 877. The first-order chi connectivity index (χ1) is 10.9. The van der Waals surface area contributed by atoms with Crippen LogP contribution in [0.4, 0.5) is 5.69 Å². The van der Waals surface area contributed by atoms with Gasteiger partial charge in [0.25, 0.3) is 17.4 Å². The molecule has 4 N–H and O–H groups in total. The topological polar surface area (TPSA) is 108 Å². The second-order valence-corrected chi connectivity index (χ2v) is 5.53. The van der Waals surface area contributed by atoms with E-state index in [1.807, 2.05) is 0 Å². The Hall–Kier alpha value is -2.64. The summed E-state index contributed by atoms with van der Waals surface area (Å²) in [6.07, 6.45) is 0.562. The van der Waals surface area contributed by atoms with Crippen LogP contribution in [0.5, 0.6) is 0 Å². The summed E-state index contributed by atoms with van der Waals surface area (Å²) in [7, 11) is 1.42. The molecule has 7 nitrogen and oxygen atoms in total. The SMILES string of the molecule is CN1C(=O)c2ccc(NC(N)c3c(Cl)cc[nH]c3=O)cc2C1=O. The first-order valence-electron chi connectivity index (χ1n) is 6.76. The summed E-state index contributed by atoms with van der Waals surface area (Å²) in [5.74, 6) is -0.721. The Balaban J connectivity index is 1.92. The van der Waals surface area contributed by atoms with Crippen molar-refractivity contribution in [3.63, 3.8) is 0 Å². The van der Waals surface area contributed by atoms with Crippen LogP contribution in [0.2, 0.25) is 5.02 Å². The zero-order valence-electron chi connectivity index (χ0n) is 12.1. The van der Waals surface area contributed by atoms with E-state index in [4.69, 9.17) is 17.3 Å². The summed E-state index contributed by atoms with van der Waals surface area (Å²) in [5, 5.41) is 3.15. The number of carbonyl (C=O) groups excluding carboxylic acids is 2. The summed E-state index contributed by atoms with van der Waals surface area (Å²) in [5.41, 5.74) is 6.92. The Labute approximate surface area is 136 Å². The number of nitrogens with one attached hydrogen (secondary N) is 2. The predicted octanol–water partition coefficient (Wildman–Crippen LogP) is 1.32. The van der Waals surface area contributed by atoms with E-state index >= 15 is 0 Å². The van der Waals surface area contributed by atoms with E-state index in [9.17, 15) is 14.4 Å². The fourth-order valence-corrected chi connectivity index (χ4v) is 2.73. The number of aromatic nitrogens is 1. The lowest BCUT2D eigenvalue weighted by Gasteiger charge is -2.16. The predicted molar refractivity (Wildman–Crippen MR) is 85.5 cm³/mol. The average Bonchev–Trinajstić information content (AvgIpc) is 2.72. The monoisotopic (exact) mass is 332 g/mol. The molecule has 1 aromatic heterocycles. The van der Waals surface area contributed by atoms with E-state index in [1.165, 1.54) is 25.4 Å². The number of amides is 2. The van der Waals surface area contributed by atoms with E-state index in [-0.39, 0.29) is 22.4 Å². The van der Waals surface area contributed by atoms with Gasteiger partial charge >= 0.3 is 0 Å². The van der Waals surface area contributed by atoms with Crippen LogP contribution in [-0.2, 0) is 0 Å². The molecule has 23 heavy (non-hydrogen) atoms. The third-order valence-electron chi connectivity index (χ3n) is 3.67. The van der Waals surface area contributed by atoms with Crippen molar-refractivity contribution in [1.82, 2.24) is 9.88 Å². The lowest BCUT2D eigenvalue weighted by molar-refractivity contribution is 0.0693. The molecule has 8 heteroatoms. The Morgan fingerprint density at radius 1 is 1.17 bits per heavy atom. The fourth-order valence-electron chi connectivity index (χ4n) is 2.46. The van der Waals surface area contributed by atoms with Gasteiger partial charge < -0.3 is 16.0 Å². The number of pyridine rings is 1. The number of hydrogen-bond acceptors (Lipinski definition) is 5. The highest BCUT2D eigenvalue weighted by molar-refractivity contribution is 6.31. The quantitative estimate of drug-likeness (QED) is 0.580. The normalized spacial score (nSPS) is 14.8. The van der Waals surface area contributed by atoms with Gasteiger partial charge in [-0.2, -0.15) is 0 Å². The molecule has 0 bridgehead atoms. The van der Waals surface area contributed by atoms with Crippen molar-refractivity contribution in [2.45, 2.75) is 6.17 Å². The van der Waals surface area contributed by atoms with E-state index < -0.39 is 11.7 Å². The third kappa shape index (κ3) is 2.49. The molecule has 0 fully saturated rings. The molecule has 1 aromatic carbocycles. The molecule has 2 aromatic rings. The number of nitrogens with two attached hydrogens (primary N) is 1. The first kappa shape index (κ1) is 15.3. The zero-order chi connectivity index (χ0) is 16.7. The number of anilines is 1. The van der Waals surface area contributed by atoms with Gasteiger partial charge in [0.05, 0.1) is 21.7 Å². The second kappa shape index (κ2) is 5.53. The molecule has 0 radical (unpaired) electrons. The highest BCUT2D eigenvalue weighted by Crippen LogP contribution is 2.26. The van der Waals surface area contributed by atoms with Gasteiger partial charge in [0.15, 0.2) is 0 Å². The molecule has 2 heterocycles. The van der Waals surface area contributed by atoms with Crippen LogP contribution < -0.4 is 16.6 Å². The molecule has 118 valence electrons. The minimum absolute atomic E-state index is 0.189. The van der Waals surface area contributed by atoms with E-state index in [0.717, 1.165) is 4.90 Å². The Morgan fingerprint density at radius 3 is 2.57 bits per heavy atom. The van der Waals surface area contributed by atoms with Gasteiger partial charge in [-0.3, -0.25) is 19.3 Å². The van der Waals surface area contributed by atoms with Gasteiger partial charge in [0, 0.05) is 18.9 Å². The van der Waals surface area contributed by atoms with Gasteiger partial charge in [0.1, 0.15) is 6.17 Å². The molecule has 0 saturated heterocycles. The van der Waals surface area contributed by atoms with Gasteiger partial charge in [0.2, 0.25) is 0 Å². The number of imide groups is 1. The maximum Gasteiger partial charge on any atom is 0.261 e. The molecule has 1 aliphatic rings. The van der Waals surface area contributed by atoms with Crippen LogP contribution >= 0.6 is 11.6 Å². The third-order valence-corrected chi connectivity index (χ3v) is 4.00. The Morgan fingerprint density at radius 2 is 1.87 bits per heavy atom. The average molecular weight is 333 g/mol. The van der Waals surface area contributed by atoms with Crippen LogP contribution in [0.1, 0.15) is 32.4 Å². The number of carbonyl (C=O) groups is 2. The van der Waals surface area contributed by atoms with Crippen molar-refractivity contribution in [3.05, 3.63) is 62.5 Å². The van der Waals surface area contributed by atoms with Gasteiger partial charge in [-0.15, -0.1) is 0 Å². The van der Waals surface area contributed by atoms with Crippen LogP contribution in [0, 0.1) is 0 Å². The Kier molecular flexibility index (Phi) is 3.67. The van der Waals surface area contributed by atoms with E-state index in [1.54, 1.807) is 12.1 Å². The minimum atomic E-state index is -0.865. The summed E-state index contributed by atoms with van der Waals surface area (Å²) in [6, 6.07) is 6.22. The van der Waals surface area contributed by atoms with E-state index in [0.29, 0.717) is 16.8 Å². The van der Waals surface area contributed by atoms with E-state index in [2.05, 4.69) is 10.3 Å². The minimum Gasteiger partial charge on any atom is -0.366 e. The number of benzene rings is 1. The number of hydrogen-bond donors (Lipinski definition) is 3. The zero-order valence-corrected chi connectivity index (χ0v) is 12.8. The highest BCUT2D eigenvalue weighted by atomic mass is 35.5. The molecule has 1 unspecified atom stereocenters. The number of H-pyrrole nitrogens is 1. The van der Waals surface area contributed by atoms with Crippen LogP contribution in [-0.4, -0.2) is 28.7 Å². The number of aromatic amines is 1. The maximum atomic E-state index is 12.0. The van der Waals surface area contributed by atoms with Crippen molar-refractivity contribution < 1.29 is 9.59 Å². The second-order valence-electron chi connectivity index (χ2n) is 5.12. The number of nitrogens with zero attached hydrogens (tertiary/aromatic N) is 1. The lowest BCUT2D eigenvalue weighted by Crippen LogP contribution is -2.28. The van der Waals surface area contributed by atoms with Crippen LogP contribution in [0.3, 0.4) is 0 Å². The summed E-state index contributed by atoms with van der Waals surface area (Å²) < 4.78 is 0.